The van der Waals surface area contributed by atoms with Gasteiger partial charge in [0.25, 0.3) is 5.91 Å². The van der Waals surface area contributed by atoms with Gasteiger partial charge in [-0.25, -0.2) is 0 Å². The molecule has 3 nitrogen and oxygen atoms in total. The molecule has 1 amide bonds. The molecule has 0 N–H and O–H groups in total. The van der Waals surface area contributed by atoms with Crippen LogP contribution in [0.3, 0.4) is 0 Å². The molecule has 0 unspecified atom stereocenters. The molecule has 0 atom stereocenters. The molecule has 1 aromatic rings. The van der Waals surface area contributed by atoms with Gasteiger partial charge in [0.05, 0.1) is 5.56 Å². The first kappa shape index (κ1) is 18.5. The van der Waals surface area contributed by atoms with E-state index in [0.717, 1.165) is 37.1 Å². The summed E-state index contributed by atoms with van der Waals surface area (Å²) in [6, 6.07) is 5.30. The van der Waals surface area contributed by atoms with E-state index in [4.69, 9.17) is 11.6 Å². The van der Waals surface area contributed by atoms with Crippen molar-refractivity contribution in [2.24, 2.45) is 0 Å². The Bertz CT molecular complexity index is 464. The van der Waals surface area contributed by atoms with E-state index in [1.807, 2.05) is 11.8 Å². The van der Waals surface area contributed by atoms with Crippen molar-refractivity contribution in [1.82, 2.24) is 9.80 Å². The van der Waals surface area contributed by atoms with Gasteiger partial charge in [-0.1, -0.05) is 25.4 Å². The van der Waals surface area contributed by atoms with E-state index in [-0.39, 0.29) is 5.91 Å². The Morgan fingerprint density at radius 3 is 2.33 bits per heavy atom. The van der Waals surface area contributed by atoms with Gasteiger partial charge in [0.15, 0.2) is 0 Å². The number of carbonyl (C=O) groups is 1. The Morgan fingerprint density at radius 2 is 1.81 bits per heavy atom. The van der Waals surface area contributed by atoms with Crippen LogP contribution in [0.15, 0.2) is 22.7 Å². The van der Waals surface area contributed by atoms with Crippen LogP contribution in [0.4, 0.5) is 0 Å². The molecule has 0 bridgehead atoms. The predicted molar refractivity (Wildman–Crippen MR) is 93.1 cm³/mol. The topological polar surface area (TPSA) is 23.6 Å². The highest BCUT2D eigenvalue weighted by atomic mass is 79.9. The maximum absolute atomic E-state index is 12.6. The summed E-state index contributed by atoms with van der Waals surface area (Å²) in [5.41, 5.74) is 0.670. The first-order valence-electron chi connectivity index (χ1n) is 7.50. The Kier molecular flexibility index (Phi) is 8.30. The van der Waals surface area contributed by atoms with Crippen LogP contribution >= 0.6 is 27.5 Å². The molecule has 118 valence electrons. The van der Waals surface area contributed by atoms with Gasteiger partial charge >= 0.3 is 0 Å². The normalized spacial score (nSPS) is 11.0. The van der Waals surface area contributed by atoms with Crippen molar-refractivity contribution < 1.29 is 4.79 Å². The second kappa shape index (κ2) is 9.44. The highest BCUT2D eigenvalue weighted by Gasteiger charge is 2.17. The quantitative estimate of drug-likeness (QED) is 0.676. The number of hydrogen-bond donors (Lipinski definition) is 0. The molecular weight excluding hydrogens is 352 g/mol. The van der Waals surface area contributed by atoms with E-state index in [1.165, 1.54) is 0 Å². The number of hydrogen-bond acceptors (Lipinski definition) is 2. The lowest BCUT2D eigenvalue weighted by Gasteiger charge is -2.24. The second-order valence-electron chi connectivity index (χ2n) is 4.89. The minimum atomic E-state index is 0.0561. The summed E-state index contributed by atoms with van der Waals surface area (Å²) in [4.78, 5) is 16.8. The van der Waals surface area contributed by atoms with Crippen molar-refractivity contribution in [3.8, 4) is 0 Å². The molecule has 1 aromatic carbocycles. The lowest BCUT2D eigenvalue weighted by Crippen LogP contribution is -2.34. The minimum Gasteiger partial charge on any atom is -0.339 e. The fraction of sp³-hybridized carbons (Fsp3) is 0.562. The third-order valence-corrected chi connectivity index (χ3v) is 4.52. The van der Waals surface area contributed by atoms with Gasteiger partial charge < -0.3 is 9.80 Å². The maximum Gasteiger partial charge on any atom is 0.254 e. The van der Waals surface area contributed by atoms with Crippen LogP contribution in [-0.2, 0) is 0 Å². The zero-order chi connectivity index (χ0) is 15.8. The summed E-state index contributed by atoms with van der Waals surface area (Å²) in [6.45, 7) is 11.0. The van der Waals surface area contributed by atoms with Crippen LogP contribution in [0, 0.1) is 0 Å². The van der Waals surface area contributed by atoms with Crippen molar-refractivity contribution in [1.29, 1.82) is 0 Å². The van der Waals surface area contributed by atoms with Crippen molar-refractivity contribution in [2.75, 3.05) is 32.7 Å². The SMILES string of the molecule is CCN(CC)CCCN(CC)C(=O)c1ccc(Cl)cc1Br. The first-order valence-corrected chi connectivity index (χ1v) is 8.67. The zero-order valence-electron chi connectivity index (χ0n) is 13.0. The van der Waals surface area contributed by atoms with Crippen molar-refractivity contribution >= 4 is 33.4 Å². The number of nitrogens with zero attached hydrogens (tertiary/aromatic N) is 2. The van der Waals surface area contributed by atoms with Crippen LogP contribution < -0.4 is 0 Å². The standard InChI is InChI=1S/C16H24BrClN2O/c1-4-19(5-2)10-7-11-20(6-3)16(21)14-9-8-13(18)12-15(14)17/h8-9,12H,4-7,10-11H2,1-3H3. The van der Waals surface area contributed by atoms with E-state index in [1.54, 1.807) is 18.2 Å². The fourth-order valence-electron chi connectivity index (χ4n) is 2.26. The Morgan fingerprint density at radius 1 is 1.14 bits per heavy atom. The average Bonchev–Trinajstić information content (AvgIpc) is 2.47. The Hall–Kier alpha value is -0.580. The number of amides is 1. The highest BCUT2D eigenvalue weighted by molar-refractivity contribution is 9.10. The van der Waals surface area contributed by atoms with Crippen molar-refractivity contribution in [2.45, 2.75) is 27.2 Å². The first-order chi connectivity index (χ1) is 10.0. The Balaban J connectivity index is 2.64. The van der Waals surface area contributed by atoms with Gasteiger partial charge in [0.1, 0.15) is 0 Å². The molecule has 21 heavy (non-hydrogen) atoms. The molecule has 0 radical (unpaired) electrons. The zero-order valence-corrected chi connectivity index (χ0v) is 15.4. The molecular formula is C16H24BrClN2O. The molecule has 0 heterocycles. The smallest absolute Gasteiger partial charge is 0.254 e. The number of carbonyl (C=O) groups excluding carboxylic acids is 1. The Labute approximate surface area is 141 Å². The van der Waals surface area contributed by atoms with Crippen LogP contribution in [0.5, 0.6) is 0 Å². The monoisotopic (exact) mass is 374 g/mol. The number of halogens is 2. The van der Waals surface area contributed by atoms with Gasteiger partial charge in [-0.15, -0.1) is 0 Å². The molecule has 0 saturated carbocycles. The van der Waals surface area contributed by atoms with Crippen molar-refractivity contribution in [3.05, 3.63) is 33.3 Å². The molecule has 1 rings (SSSR count). The molecule has 0 aliphatic carbocycles. The van der Waals surface area contributed by atoms with Crippen molar-refractivity contribution in [3.63, 3.8) is 0 Å². The van der Waals surface area contributed by atoms with Gasteiger partial charge in [-0.3, -0.25) is 4.79 Å². The van der Waals surface area contributed by atoms with E-state index < -0.39 is 0 Å². The third kappa shape index (κ3) is 5.61. The maximum atomic E-state index is 12.6. The van der Waals surface area contributed by atoms with E-state index in [0.29, 0.717) is 17.1 Å². The molecule has 0 aliphatic rings. The van der Waals surface area contributed by atoms with E-state index in [2.05, 4.69) is 34.7 Å². The summed E-state index contributed by atoms with van der Waals surface area (Å²) >= 11 is 9.34. The van der Waals surface area contributed by atoms with Crippen LogP contribution in [0.25, 0.3) is 0 Å². The third-order valence-electron chi connectivity index (χ3n) is 3.63. The molecule has 5 heteroatoms. The highest BCUT2D eigenvalue weighted by Crippen LogP contribution is 2.23. The van der Waals surface area contributed by atoms with Gasteiger partial charge in [0.2, 0.25) is 0 Å². The molecule has 0 saturated heterocycles. The fourth-order valence-corrected chi connectivity index (χ4v) is 3.11. The summed E-state index contributed by atoms with van der Waals surface area (Å²) in [6.07, 6.45) is 0.993. The summed E-state index contributed by atoms with van der Waals surface area (Å²) in [5.74, 6) is 0.0561. The molecule has 0 spiro atoms. The van der Waals surface area contributed by atoms with Crippen LogP contribution in [-0.4, -0.2) is 48.4 Å². The van der Waals surface area contributed by atoms with E-state index >= 15 is 0 Å². The van der Waals surface area contributed by atoms with Gasteiger partial charge in [0, 0.05) is 22.6 Å². The van der Waals surface area contributed by atoms with E-state index in [9.17, 15) is 4.79 Å². The lowest BCUT2D eigenvalue weighted by atomic mass is 10.2. The van der Waals surface area contributed by atoms with Gasteiger partial charge in [-0.05, 0) is 67.1 Å². The van der Waals surface area contributed by atoms with Crippen LogP contribution in [0.1, 0.15) is 37.6 Å². The summed E-state index contributed by atoms with van der Waals surface area (Å²) in [5, 5.41) is 0.628. The molecule has 0 fully saturated rings. The average molecular weight is 376 g/mol. The predicted octanol–water partition coefficient (Wildman–Crippen LogP) is 4.30. The van der Waals surface area contributed by atoms with Crippen LogP contribution in [0.2, 0.25) is 5.02 Å². The lowest BCUT2D eigenvalue weighted by molar-refractivity contribution is 0.0756. The summed E-state index contributed by atoms with van der Waals surface area (Å²) < 4.78 is 0.752. The largest absolute Gasteiger partial charge is 0.339 e. The summed E-state index contributed by atoms with van der Waals surface area (Å²) in [7, 11) is 0. The second-order valence-corrected chi connectivity index (χ2v) is 6.18. The van der Waals surface area contributed by atoms with Gasteiger partial charge in [-0.2, -0.15) is 0 Å². The number of rotatable bonds is 8. The molecule has 0 aromatic heterocycles. The molecule has 0 aliphatic heterocycles. The minimum absolute atomic E-state index is 0.0561. The number of benzene rings is 1.